The zero-order chi connectivity index (χ0) is 17.9. The van der Waals surface area contributed by atoms with Gasteiger partial charge in [0.25, 0.3) is 5.91 Å². The molecule has 0 saturated heterocycles. The third-order valence-corrected chi connectivity index (χ3v) is 4.51. The molecular formula is C19H18N6O. The molecule has 0 aliphatic carbocycles. The SMILES string of the molecule is Cc1cnc(C(=O)N2CCc3ncnc(-c4cccnc4)c3CC2)cn1. The van der Waals surface area contributed by atoms with Crippen molar-refractivity contribution in [3.63, 3.8) is 0 Å². The van der Waals surface area contributed by atoms with Crippen molar-refractivity contribution >= 4 is 5.91 Å². The Hall–Kier alpha value is -3.22. The molecule has 0 aromatic carbocycles. The van der Waals surface area contributed by atoms with Crippen molar-refractivity contribution in [3.8, 4) is 11.3 Å². The number of carbonyl (C=O) groups excluding carboxylic acids is 1. The Balaban J connectivity index is 1.60. The summed E-state index contributed by atoms with van der Waals surface area (Å²) in [6, 6.07) is 3.89. The van der Waals surface area contributed by atoms with Crippen molar-refractivity contribution in [3.05, 3.63) is 65.9 Å². The molecule has 1 amide bonds. The third-order valence-electron chi connectivity index (χ3n) is 4.51. The summed E-state index contributed by atoms with van der Waals surface area (Å²) in [5.74, 6) is -0.0961. The summed E-state index contributed by atoms with van der Waals surface area (Å²) in [6.07, 6.45) is 9.68. The molecule has 0 radical (unpaired) electrons. The zero-order valence-corrected chi connectivity index (χ0v) is 14.5. The van der Waals surface area contributed by atoms with Crippen LogP contribution in [0.4, 0.5) is 0 Å². The summed E-state index contributed by atoms with van der Waals surface area (Å²) < 4.78 is 0. The molecule has 3 aromatic heterocycles. The highest BCUT2D eigenvalue weighted by Crippen LogP contribution is 2.25. The highest BCUT2D eigenvalue weighted by Gasteiger charge is 2.23. The molecule has 3 aromatic rings. The molecule has 7 heteroatoms. The smallest absolute Gasteiger partial charge is 0.274 e. The number of fused-ring (bicyclic) bond motifs is 1. The Labute approximate surface area is 151 Å². The fourth-order valence-electron chi connectivity index (χ4n) is 3.15. The number of carbonyl (C=O) groups is 1. The zero-order valence-electron chi connectivity index (χ0n) is 14.5. The van der Waals surface area contributed by atoms with Gasteiger partial charge in [0.1, 0.15) is 12.0 Å². The topological polar surface area (TPSA) is 84.8 Å². The van der Waals surface area contributed by atoms with E-state index in [9.17, 15) is 4.79 Å². The van der Waals surface area contributed by atoms with E-state index in [1.807, 2.05) is 24.0 Å². The van der Waals surface area contributed by atoms with Crippen molar-refractivity contribution in [2.75, 3.05) is 13.1 Å². The van der Waals surface area contributed by atoms with Crippen molar-refractivity contribution in [2.45, 2.75) is 19.8 Å². The van der Waals surface area contributed by atoms with Crippen LogP contribution in [0.1, 0.15) is 27.4 Å². The largest absolute Gasteiger partial charge is 0.337 e. The van der Waals surface area contributed by atoms with Crippen LogP contribution in [0.15, 0.2) is 43.2 Å². The van der Waals surface area contributed by atoms with Crippen LogP contribution < -0.4 is 0 Å². The van der Waals surface area contributed by atoms with Gasteiger partial charge in [-0.05, 0) is 25.5 Å². The van der Waals surface area contributed by atoms with Gasteiger partial charge in [-0.15, -0.1) is 0 Å². The molecule has 0 bridgehead atoms. The van der Waals surface area contributed by atoms with Crippen molar-refractivity contribution < 1.29 is 4.79 Å². The highest BCUT2D eigenvalue weighted by atomic mass is 16.2. The maximum Gasteiger partial charge on any atom is 0.274 e. The third kappa shape index (κ3) is 3.15. The lowest BCUT2D eigenvalue weighted by Crippen LogP contribution is -2.34. The number of nitrogens with zero attached hydrogens (tertiary/aromatic N) is 6. The Morgan fingerprint density at radius 2 is 1.92 bits per heavy atom. The van der Waals surface area contributed by atoms with E-state index in [-0.39, 0.29) is 5.91 Å². The molecule has 0 fully saturated rings. The van der Waals surface area contributed by atoms with Crippen molar-refractivity contribution in [1.29, 1.82) is 0 Å². The second kappa shape index (κ2) is 6.95. The molecule has 0 saturated carbocycles. The summed E-state index contributed by atoms with van der Waals surface area (Å²) in [7, 11) is 0. The van der Waals surface area contributed by atoms with Gasteiger partial charge in [0.05, 0.1) is 17.6 Å². The van der Waals surface area contributed by atoms with E-state index in [0.717, 1.165) is 28.2 Å². The Morgan fingerprint density at radius 3 is 2.69 bits per heavy atom. The second-order valence-corrected chi connectivity index (χ2v) is 6.22. The first kappa shape index (κ1) is 16.3. The summed E-state index contributed by atoms with van der Waals surface area (Å²) in [6.45, 7) is 3.05. The first-order chi connectivity index (χ1) is 12.7. The standard InChI is InChI=1S/C19H18N6O/c1-13-9-22-17(11-21-13)19(26)25-7-4-15-16(5-8-25)23-12-24-18(15)14-3-2-6-20-10-14/h2-3,6,9-12H,4-5,7-8H2,1H3. The Bertz CT molecular complexity index is 927. The first-order valence-electron chi connectivity index (χ1n) is 8.53. The fourth-order valence-corrected chi connectivity index (χ4v) is 3.15. The average molecular weight is 346 g/mol. The Morgan fingerprint density at radius 1 is 1.04 bits per heavy atom. The number of aromatic nitrogens is 5. The molecule has 1 aliphatic heterocycles. The molecule has 4 heterocycles. The lowest BCUT2D eigenvalue weighted by molar-refractivity contribution is 0.0756. The lowest BCUT2D eigenvalue weighted by atomic mass is 10.0. The number of rotatable bonds is 2. The van der Waals surface area contributed by atoms with Crippen LogP contribution in [-0.4, -0.2) is 48.8 Å². The van der Waals surface area contributed by atoms with Crippen LogP contribution in [0.25, 0.3) is 11.3 Å². The maximum absolute atomic E-state index is 12.7. The molecule has 26 heavy (non-hydrogen) atoms. The van der Waals surface area contributed by atoms with E-state index in [0.29, 0.717) is 31.6 Å². The fraction of sp³-hybridized carbons (Fsp3) is 0.263. The van der Waals surface area contributed by atoms with E-state index in [1.54, 1.807) is 24.9 Å². The quantitative estimate of drug-likeness (QED) is 0.704. The van der Waals surface area contributed by atoms with Gasteiger partial charge >= 0.3 is 0 Å². The molecule has 7 nitrogen and oxygen atoms in total. The number of hydrogen-bond acceptors (Lipinski definition) is 6. The number of hydrogen-bond donors (Lipinski definition) is 0. The van der Waals surface area contributed by atoms with Crippen LogP contribution in [0.2, 0.25) is 0 Å². The van der Waals surface area contributed by atoms with Crippen LogP contribution in [-0.2, 0) is 12.8 Å². The van der Waals surface area contributed by atoms with E-state index >= 15 is 0 Å². The monoisotopic (exact) mass is 346 g/mol. The van der Waals surface area contributed by atoms with E-state index in [1.165, 1.54) is 6.20 Å². The predicted molar refractivity (Wildman–Crippen MR) is 95.3 cm³/mol. The minimum absolute atomic E-state index is 0.0961. The molecule has 0 atom stereocenters. The first-order valence-corrected chi connectivity index (χ1v) is 8.53. The minimum Gasteiger partial charge on any atom is -0.337 e. The minimum atomic E-state index is -0.0961. The van der Waals surface area contributed by atoms with Gasteiger partial charge < -0.3 is 4.90 Å². The average Bonchev–Trinajstić information content (AvgIpc) is 2.91. The van der Waals surface area contributed by atoms with Crippen molar-refractivity contribution in [1.82, 2.24) is 29.8 Å². The maximum atomic E-state index is 12.7. The van der Waals surface area contributed by atoms with E-state index in [4.69, 9.17) is 0 Å². The van der Waals surface area contributed by atoms with Crippen LogP contribution in [0.3, 0.4) is 0 Å². The van der Waals surface area contributed by atoms with E-state index < -0.39 is 0 Å². The van der Waals surface area contributed by atoms with Gasteiger partial charge in [0.2, 0.25) is 0 Å². The molecule has 4 rings (SSSR count). The van der Waals surface area contributed by atoms with Gasteiger partial charge in [-0.1, -0.05) is 0 Å². The molecular weight excluding hydrogens is 328 g/mol. The van der Waals surface area contributed by atoms with Crippen LogP contribution >= 0.6 is 0 Å². The van der Waals surface area contributed by atoms with Crippen molar-refractivity contribution in [2.24, 2.45) is 0 Å². The Kier molecular flexibility index (Phi) is 4.35. The summed E-state index contributed by atoms with van der Waals surface area (Å²) in [5.41, 5.74) is 5.11. The van der Waals surface area contributed by atoms with Gasteiger partial charge in [0, 0.05) is 54.9 Å². The molecule has 0 N–H and O–H groups in total. The van der Waals surface area contributed by atoms with Gasteiger partial charge in [-0.3, -0.25) is 14.8 Å². The second-order valence-electron chi connectivity index (χ2n) is 6.22. The molecule has 0 spiro atoms. The van der Waals surface area contributed by atoms with E-state index in [2.05, 4.69) is 24.9 Å². The molecule has 130 valence electrons. The normalized spacial score (nSPS) is 13.8. The number of aryl methyl sites for hydroxylation is 1. The summed E-state index contributed by atoms with van der Waals surface area (Å²) in [4.78, 5) is 36.0. The van der Waals surface area contributed by atoms with Crippen LogP contribution in [0, 0.1) is 6.92 Å². The van der Waals surface area contributed by atoms with Gasteiger partial charge in [-0.2, -0.15) is 0 Å². The number of pyridine rings is 1. The summed E-state index contributed by atoms with van der Waals surface area (Å²) in [5, 5.41) is 0. The molecule has 0 unspecified atom stereocenters. The van der Waals surface area contributed by atoms with Crippen LogP contribution in [0.5, 0.6) is 0 Å². The van der Waals surface area contributed by atoms with Gasteiger partial charge in [-0.25, -0.2) is 15.0 Å². The number of amides is 1. The summed E-state index contributed by atoms with van der Waals surface area (Å²) >= 11 is 0. The van der Waals surface area contributed by atoms with Gasteiger partial charge in [0.15, 0.2) is 0 Å². The highest BCUT2D eigenvalue weighted by molar-refractivity contribution is 5.92. The molecule has 1 aliphatic rings. The predicted octanol–water partition coefficient (Wildman–Crippen LogP) is 1.88. The lowest BCUT2D eigenvalue weighted by Gasteiger charge is -2.19.